The van der Waals surface area contributed by atoms with E-state index in [1.54, 1.807) is 20.8 Å². The van der Waals surface area contributed by atoms with Gasteiger partial charge in [-0.25, -0.2) is 4.79 Å². The number of carbonyl (C=O) groups excluding carboxylic acids is 2. The number of alkyl carbamates (subject to hydrolysis) is 1. The molecule has 3 fully saturated rings. The molecule has 0 aliphatic carbocycles. The van der Waals surface area contributed by atoms with Gasteiger partial charge in [0, 0.05) is 25.3 Å². The molecule has 1 N–H and O–H groups in total. The number of nitrogens with one attached hydrogen (secondary N) is 1. The summed E-state index contributed by atoms with van der Waals surface area (Å²) in [6, 6.07) is 8.45. The third-order valence-electron chi connectivity index (χ3n) is 6.03. The first-order valence-electron chi connectivity index (χ1n) is 11.2. The monoisotopic (exact) mass is 431 g/mol. The molecule has 0 aromatic heterocycles. The summed E-state index contributed by atoms with van der Waals surface area (Å²) < 4.78 is 10.8. The van der Waals surface area contributed by atoms with Crippen LogP contribution in [0.3, 0.4) is 0 Å². The number of amides is 2. The molecular weight excluding hydrogens is 394 g/mol. The SMILES string of the molecule is CCOc1ccc(N2C[C@H]3CN(C(=O)CNC(=O)OC(C)(C)C)C[C@@H]2C(C)(C)C3)cc1. The van der Waals surface area contributed by atoms with Crippen LogP contribution in [0.5, 0.6) is 5.75 Å². The van der Waals surface area contributed by atoms with Crippen molar-refractivity contribution in [3.05, 3.63) is 24.3 Å². The predicted octanol–water partition coefficient (Wildman–Crippen LogP) is 3.67. The number of nitrogens with zero attached hydrogens (tertiary/aromatic N) is 2. The van der Waals surface area contributed by atoms with E-state index in [4.69, 9.17) is 9.47 Å². The second kappa shape index (κ2) is 8.97. The average molecular weight is 432 g/mol. The van der Waals surface area contributed by atoms with Crippen molar-refractivity contribution in [1.29, 1.82) is 0 Å². The number of benzene rings is 1. The Morgan fingerprint density at radius 2 is 1.81 bits per heavy atom. The number of anilines is 1. The first-order valence-corrected chi connectivity index (χ1v) is 11.2. The number of fused-ring (bicyclic) bond motifs is 4. The molecule has 7 heteroatoms. The molecule has 0 radical (unpaired) electrons. The summed E-state index contributed by atoms with van der Waals surface area (Å²) in [7, 11) is 0. The van der Waals surface area contributed by atoms with E-state index in [2.05, 4.69) is 36.2 Å². The van der Waals surface area contributed by atoms with Gasteiger partial charge < -0.3 is 24.6 Å². The summed E-state index contributed by atoms with van der Waals surface area (Å²) in [5.74, 6) is 1.19. The summed E-state index contributed by atoms with van der Waals surface area (Å²) in [6.07, 6.45) is 0.518. The van der Waals surface area contributed by atoms with Crippen LogP contribution in [-0.2, 0) is 9.53 Å². The van der Waals surface area contributed by atoms with Gasteiger partial charge >= 0.3 is 6.09 Å². The van der Waals surface area contributed by atoms with E-state index < -0.39 is 11.7 Å². The van der Waals surface area contributed by atoms with Crippen LogP contribution < -0.4 is 15.0 Å². The number of hydrogen-bond acceptors (Lipinski definition) is 5. The summed E-state index contributed by atoms with van der Waals surface area (Å²) >= 11 is 0. The molecule has 2 amide bonds. The summed E-state index contributed by atoms with van der Waals surface area (Å²) in [6.45, 7) is 14.9. The standard InChI is InChI=1S/C24H37N3O4/c1-7-30-19-10-8-18(9-11-19)27-15-17-12-24(5,6)20(27)16-26(14-17)21(28)13-25-22(29)31-23(2,3)4/h8-11,17,20H,7,12-16H2,1-6H3,(H,25,29)/t17-,20-/m1/s1. The Morgan fingerprint density at radius 1 is 1.13 bits per heavy atom. The van der Waals surface area contributed by atoms with Crippen molar-refractivity contribution in [1.82, 2.24) is 10.2 Å². The van der Waals surface area contributed by atoms with Crippen LogP contribution in [0.15, 0.2) is 24.3 Å². The highest BCUT2D eigenvalue weighted by molar-refractivity contribution is 5.82. The van der Waals surface area contributed by atoms with Crippen LogP contribution in [0, 0.1) is 11.3 Å². The van der Waals surface area contributed by atoms with Gasteiger partial charge in [0.15, 0.2) is 0 Å². The molecule has 2 atom stereocenters. The van der Waals surface area contributed by atoms with Crippen LogP contribution >= 0.6 is 0 Å². The molecule has 0 spiro atoms. The fourth-order valence-electron chi connectivity index (χ4n) is 4.80. The minimum atomic E-state index is -0.586. The van der Waals surface area contributed by atoms with Gasteiger partial charge in [-0.3, -0.25) is 4.79 Å². The third-order valence-corrected chi connectivity index (χ3v) is 6.03. The molecule has 3 saturated heterocycles. The van der Waals surface area contributed by atoms with Gasteiger partial charge in [-0.2, -0.15) is 0 Å². The Labute approximate surface area is 186 Å². The highest BCUT2D eigenvalue weighted by atomic mass is 16.6. The van der Waals surface area contributed by atoms with Crippen molar-refractivity contribution in [2.45, 2.75) is 59.6 Å². The Balaban J connectivity index is 1.70. The second-order valence-electron chi connectivity index (χ2n) is 10.3. The molecule has 0 unspecified atom stereocenters. The molecule has 3 aliphatic rings. The Morgan fingerprint density at radius 3 is 2.42 bits per heavy atom. The second-order valence-corrected chi connectivity index (χ2v) is 10.3. The van der Waals surface area contributed by atoms with E-state index in [0.717, 1.165) is 24.4 Å². The lowest BCUT2D eigenvalue weighted by atomic mass is 9.73. The van der Waals surface area contributed by atoms with E-state index in [-0.39, 0.29) is 23.9 Å². The summed E-state index contributed by atoms with van der Waals surface area (Å²) in [4.78, 5) is 29.2. The topological polar surface area (TPSA) is 71.1 Å². The van der Waals surface area contributed by atoms with Crippen molar-refractivity contribution in [3.63, 3.8) is 0 Å². The quantitative estimate of drug-likeness (QED) is 0.770. The molecule has 3 heterocycles. The first kappa shape index (κ1) is 23.2. The van der Waals surface area contributed by atoms with Crippen LogP contribution in [0.2, 0.25) is 0 Å². The number of piperidine rings is 1. The van der Waals surface area contributed by atoms with Crippen LogP contribution in [-0.4, -0.2) is 61.3 Å². The zero-order valence-electron chi connectivity index (χ0n) is 19.7. The largest absolute Gasteiger partial charge is 0.494 e. The first-order chi connectivity index (χ1) is 14.5. The van der Waals surface area contributed by atoms with Gasteiger partial charge in [-0.15, -0.1) is 0 Å². The average Bonchev–Trinajstić information content (AvgIpc) is 2.93. The molecule has 3 aliphatic heterocycles. The zero-order chi connectivity index (χ0) is 22.8. The molecular formula is C24H37N3O4. The highest BCUT2D eigenvalue weighted by Gasteiger charge is 2.46. The maximum Gasteiger partial charge on any atom is 0.408 e. The lowest BCUT2D eigenvalue weighted by Gasteiger charge is -2.48. The molecule has 1 aromatic rings. The van der Waals surface area contributed by atoms with Gasteiger partial charge in [-0.1, -0.05) is 13.8 Å². The van der Waals surface area contributed by atoms with Crippen molar-refractivity contribution < 1.29 is 19.1 Å². The lowest BCUT2D eigenvalue weighted by Crippen LogP contribution is -2.54. The molecule has 0 saturated carbocycles. The minimum absolute atomic E-state index is 0.0438. The van der Waals surface area contributed by atoms with E-state index in [1.807, 2.05) is 24.0 Å². The van der Waals surface area contributed by atoms with E-state index in [9.17, 15) is 9.59 Å². The Kier molecular flexibility index (Phi) is 6.72. The maximum absolute atomic E-state index is 12.9. The van der Waals surface area contributed by atoms with Crippen molar-refractivity contribution in [2.24, 2.45) is 11.3 Å². The molecule has 1 aromatic carbocycles. The van der Waals surface area contributed by atoms with Gasteiger partial charge in [-0.05, 0) is 69.7 Å². The number of carbonyl (C=O) groups is 2. The van der Waals surface area contributed by atoms with Crippen LogP contribution in [0.1, 0.15) is 48.0 Å². The highest BCUT2D eigenvalue weighted by Crippen LogP contribution is 2.43. The van der Waals surface area contributed by atoms with Crippen molar-refractivity contribution in [3.8, 4) is 5.75 Å². The van der Waals surface area contributed by atoms with Crippen molar-refractivity contribution in [2.75, 3.05) is 37.7 Å². The molecule has 2 bridgehead atoms. The van der Waals surface area contributed by atoms with E-state index in [0.29, 0.717) is 25.6 Å². The third kappa shape index (κ3) is 5.83. The summed E-state index contributed by atoms with van der Waals surface area (Å²) in [5.41, 5.74) is 0.652. The Hall–Kier alpha value is -2.44. The molecule has 7 nitrogen and oxygen atoms in total. The smallest absolute Gasteiger partial charge is 0.408 e. The van der Waals surface area contributed by atoms with Crippen LogP contribution in [0.25, 0.3) is 0 Å². The number of hydrogen-bond donors (Lipinski definition) is 1. The Bertz CT molecular complexity index is 785. The number of ether oxygens (including phenoxy) is 2. The molecule has 4 rings (SSSR count). The normalized spacial score (nSPS) is 22.6. The zero-order valence-corrected chi connectivity index (χ0v) is 19.7. The van der Waals surface area contributed by atoms with Crippen molar-refractivity contribution >= 4 is 17.7 Å². The maximum atomic E-state index is 12.9. The molecule has 31 heavy (non-hydrogen) atoms. The molecule has 172 valence electrons. The fourth-order valence-corrected chi connectivity index (χ4v) is 4.80. The van der Waals surface area contributed by atoms with E-state index in [1.165, 1.54) is 0 Å². The van der Waals surface area contributed by atoms with Crippen LogP contribution in [0.4, 0.5) is 10.5 Å². The van der Waals surface area contributed by atoms with Gasteiger partial charge in [0.05, 0.1) is 12.6 Å². The lowest BCUT2D eigenvalue weighted by molar-refractivity contribution is -0.130. The van der Waals surface area contributed by atoms with Gasteiger partial charge in [0.1, 0.15) is 17.9 Å². The number of rotatable bonds is 5. The summed E-state index contributed by atoms with van der Waals surface area (Å²) in [5, 5.41) is 2.61. The predicted molar refractivity (Wildman–Crippen MR) is 121 cm³/mol. The minimum Gasteiger partial charge on any atom is -0.494 e. The van der Waals surface area contributed by atoms with Gasteiger partial charge in [0.25, 0.3) is 0 Å². The van der Waals surface area contributed by atoms with Gasteiger partial charge in [0.2, 0.25) is 5.91 Å². The fraction of sp³-hybridized carbons (Fsp3) is 0.667. The van der Waals surface area contributed by atoms with E-state index >= 15 is 0 Å².